The fourth-order valence-electron chi connectivity index (χ4n) is 4.52. The predicted molar refractivity (Wildman–Crippen MR) is 166 cm³/mol. The zero-order valence-corrected chi connectivity index (χ0v) is 24.8. The molecule has 9 heteroatoms. The molecule has 2 N–H and O–H groups in total. The summed E-state index contributed by atoms with van der Waals surface area (Å²) in [6.45, 7) is 14.6. The molecule has 0 unspecified atom stereocenters. The lowest BCUT2D eigenvalue weighted by molar-refractivity contribution is -0.0894. The van der Waals surface area contributed by atoms with Crippen LogP contribution in [-0.2, 0) is 9.31 Å². The summed E-state index contributed by atoms with van der Waals surface area (Å²) in [7, 11) is 0.608. The largest absolute Gasteiger partial charge is 0.427 e. The van der Waals surface area contributed by atoms with Crippen molar-refractivity contribution in [1.82, 2.24) is 14.0 Å². The summed E-state index contributed by atoms with van der Waals surface area (Å²) in [4.78, 5) is 5.02. The molecule has 0 aliphatic rings. The van der Waals surface area contributed by atoms with Gasteiger partial charge in [-0.15, -0.1) is 0 Å². The van der Waals surface area contributed by atoms with Crippen molar-refractivity contribution < 1.29 is 19.5 Å². The summed E-state index contributed by atoms with van der Waals surface area (Å²) >= 11 is 0. The molecule has 2 aromatic heterocycles. The van der Waals surface area contributed by atoms with Crippen LogP contribution in [0.1, 0.15) is 55.4 Å². The highest BCUT2D eigenvalue weighted by atomic mass is 16.5. The lowest BCUT2D eigenvalue weighted by Gasteiger charge is -2.38. The lowest BCUT2D eigenvalue weighted by atomic mass is 9.77. The minimum atomic E-state index is -1.02. The van der Waals surface area contributed by atoms with E-state index >= 15 is 0 Å². The van der Waals surface area contributed by atoms with E-state index in [4.69, 9.17) is 14.3 Å². The van der Waals surface area contributed by atoms with Crippen LogP contribution in [0, 0.1) is 0 Å². The van der Waals surface area contributed by atoms with Gasteiger partial charge in [0.15, 0.2) is 0 Å². The highest BCUT2D eigenvalue weighted by Crippen LogP contribution is 2.29. The molecule has 0 bridgehead atoms. The van der Waals surface area contributed by atoms with Gasteiger partial charge in [0.25, 0.3) is 0 Å². The minimum Gasteiger partial charge on any atom is -0.427 e. The van der Waals surface area contributed by atoms with Gasteiger partial charge in [-0.05, 0) is 91.8 Å². The van der Waals surface area contributed by atoms with Gasteiger partial charge in [-0.1, -0.05) is 41.3 Å². The second kappa shape index (κ2) is 9.77. The van der Waals surface area contributed by atoms with Gasteiger partial charge >= 0.3 is 15.0 Å². The number of hydrogen-bond donors (Lipinski definition) is 2. The third-order valence-corrected chi connectivity index (χ3v) is 8.55. The molecule has 5 aromatic rings. The maximum Gasteiger partial charge on any atom is 0.309 e. The average molecular weight is 539 g/mol. The SMILES string of the molecule is CC(C)(O)C(C)(C)OBc1cc(BOC(C)(C)C(C)(C)O)cc(-n2c3ccccc3n3c4ccccc4nc23)c1. The Hall–Kier alpha value is -3.10. The van der Waals surface area contributed by atoms with E-state index in [2.05, 4.69) is 45.4 Å². The van der Waals surface area contributed by atoms with Crippen molar-refractivity contribution in [2.24, 2.45) is 0 Å². The number of para-hydroxylation sites is 4. The molecule has 208 valence electrons. The summed E-state index contributed by atoms with van der Waals surface area (Å²) in [5.41, 5.74) is 3.33. The second-order valence-electron chi connectivity index (χ2n) is 12.8. The van der Waals surface area contributed by atoms with Gasteiger partial charge in [-0.25, -0.2) is 4.98 Å². The second-order valence-corrected chi connectivity index (χ2v) is 12.8. The number of hydrogen-bond acceptors (Lipinski definition) is 5. The molecule has 3 aromatic carbocycles. The third-order valence-electron chi connectivity index (χ3n) is 8.55. The fraction of sp³-hybridized carbons (Fsp3) is 0.387. The highest BCUT2D eigenvalue weighted by molar-refractivity contribution is 6.51. The molecule has 0 radical (unpaired) electrons. The van der Waals surface area contributed by atoms with Crippen LogP contribution >= 0.6 is 0 Å². The van der Waals surface area contributed by atoms with Gasteiger partial charge in [0.2, 0.25) is 5.78 Å². The summed E-state index contributed by atoms with van der Waals surface area (Å²) in [5, 5.41) is 21.3. The molecule has 0 fully saturated rings. The Morgan fingerprint density at radius 1 is 0.650 bits per heavy atom. The van der Waals surface area contributed by atoms with E-state index in [1.54, 1.807) is 27.7 Å². The molecular weight excluding hydrogens is 500 g/mol. The molecule has 0 spiro atoms. The summed E-state index contributed by atoms with van der Waals surface area (Å²) < 4.78 is 16.9. The fourth-order valence-corrected chi connectivity index (χ4v) is 4.52. The quantitative estimate of drug-likeness (QED) is 0.281. The number of fused-ring (bicyclic) bond motifs is 5. The monoisotopic (exact) mass is 539 g/mol. The number of imidazole rings is 2. The maximum atomic E-state index is 10.7. The Balaban J connectivity index is 1.66. The number of benzene rings is 3. The Labute approximate surface area is 237 Å². The molecule has 40 heavy (non-hydrogen) atoms. The van der Waals surface area contributed by atoms with Crippen LogP contribution in [0.5, 0.6) is 0 Å². The van der Waals surface area contributed by atoms with Gasteiger partial charge in [0, 0.05) is 5.69 Å². The molecule has 0 atom stereocenters. The van der Waals surface area contributed by atoms with Crippen molar-refractivity contribution in [3.05, 3.63) is 66.7 Å². The van der Waals surface area contributed by atoms with Gasteiger partial charge in [-0.2, -0.15) is 0 Å². The first-order valence-corrected chi connectivity index (χ1v) is 13.8. The number of rotatable bonds is 9. The Kier molecular flexibility index (Phi) is 6.94. The maximum absolute atomic E-state index is 10.7. The lowest BCUT2D eigenvalue weighted by Crippen LogP contribution is -2.50. The molecule has 0 amide bonds. The van der Waals surface area contributed by atoms with Gasteiger partial charge in [0.05, 0.1) is 44.5 Å². The average Bonchev–Trinajstić information content (AvgIpc) is 3.39. The Bertz CT molecular complexity index is 1640. The number of aliphatic hydroxyl groups is 2. The topological polar surface area (TPSA) is 81.2 Å². The van der Waals surface area contributed by atoms with E-state index < -0.39 is 22.4 Å². The molecule has 0 aliphatic heterocycles. The molecular formula is C31H39B2N3O4. The van der Waals surface area contributed by atoms with Crippen molar-refractivity contribution in [3.63, 3.8) is 0 Å². The first-order chi connectivity index (χ1) is 18.6. The predicted octanol–water partition coefficient (Wildman–Crippen LogP) is 3.52. The van der Waals surface area contributed by atoms with Crippen LogP contribution in [0.3, 0.4) is 0 Å². The molecule has 2 heterocycles. The summed E-state index contributed by atoms with van der Waals surface area (Å²) in [5.74, 6) is 0.820. The van der Waals surface area contributed by atoms with Gasteiger partial charge in [-0.3, -0.25) is 8.97 Å². The van der Waals surface area contributed by atoms with E-state index in [1.807, 2.05) is 58.0 Å². The molecule has 0 aliphatic carbocycles. The third kappa shape index (κ3) is 5.07. The summed E-state index contributed by atoms with van der Waals surface area (Å²) in [6, 6.07) is 22.7. The van der Waals surface area contributed by atoms with E-state index in [1.165, 1.54) is 0 Å². The summed E-state index contributed by atoms with van der Waals surface area (Å²) in [6.07, 6.45) is 0. The standard InChI is InChI=1S/C31H39B2N3O4/c1-28(2,37)30(5,6)39-32-20-17-21(33-40-31(7,8)29(3,4)38)19-22(18-20)35-25-15-11-12-16-26(25)36-24-14-10-9-13-23(24)34-27(35)36/h9-19,32-33,37-38H,1-8H3. The molecule has 0 saturated heterocycles. The van der Waals surface area contributed by atoms with Crippen LogP contribution in [-0.4, -0.2) is 61.5 Å². The minimum absolute atomic E-state index is 0.304. The van der Waals surface area contributed by atoms with Crippen LogP contribution < -0.4 is 10.9 Å². The molecule has 5 rings (SSSR count). The van der Waals surface area contributed by atoms with Gasteiger partial charge < -0.3 is 19.5 Å². The zero-order chi connectivity index (χ0) is 29.1. The van der Waals surface area contributed by atoms with Crippen LogP contribution in [0.25, 0.3) is 33.5 Å². The Morgan fingerprint density at radius 2 is 1.12 bits per heavy atom. The Morgan fingerprint density at radius 3 is 1.65 bits per heavy atom. The smallest absolute Gasteiger partial charge is 0.309 e. The van der Waals surface area contributed by atoms with E-state index in [9.17, 15) is 10.2 Å². The van der Waals surface area contributed by atoms with Crippen LogP contribution in [0.15, 0.2) is 66.7 Å². The van der Waals surface area contributed by atoms with Crippen molar-refractivity contribution >= 4 is 53.7 Å². The number of aromatic nitrogens is 3. The number of nitrogens with zero attached hydrogens (tertiary/aromatic N) is 3. The molecule has 0 saturated carbocycles. The highest BCUT2D eigenvalue weighted by Gasteiger charge is 2.37. The first kappa shape index (κ1) is 28.4. The van der Waals surface area contributed by atoms with Crippen LogP contribution in [0.4, 0.5) is 0 Å². The van der Waals surface area contributed by atoms with E-state index in [0.717, 1.165) is 44.5 Å². The van der Waals surface area contributed by atoms with Crippen molar-refractivity contribution in [1.29, 1.82) is 0 Å². The zero-order valence-electron chi connectivity index (χ0n) is 24.8. The van der Waals surface area contributed by atoms with Crippen LogP contribution in [0.2, 0.25) is 0 Å². The van der Waals surface area contributed by atoms with Crippen molar-refractivity contribution in [3.8, 4) is 5.69 Å². The molecule has 7 nitrogen and oxygen atoms in total. The first-order valence-electron chi connectivity index (χ1n) is 13.8. The normalized spacial score (nSPS) is 13.4. The van der Waals surface area contributed by atoms with E-state index in [-0.39, 0.29) is 0 Å². The van der Waals surface area contributed by atoms with Crippen molar-refractivity contribution in [2.75, 3.05) is 0 Å². The van der Waals surface area contributed by atoms with Gasteiger partial charge in [0.1, 0.15) is 0 Å². The van der Waals surface area contributed by atoms with E-state index in [0.29, 0.717) is 15.0 Å². The van der Waals surface area contributed by atoms with Crippen molar-refractivity contribution in [2.45, 2.75) is 77.8 Å².